The van der Waals surface area contributed by atoms with E-state index >= 15 is 0 Å². The molecule has 0 aliphatic heterocycles. The van der Waals surface area contributed by atoms with Gasteiger partial charge in [-0.15, -0.1) is 0 Å². The zero-order valence-corrected chi connectivity index (χ0v) is 23.5. The molecule has 0 saturated heterocycles. The van der Waals surface area contributed by atoms with Gasteiger partial charge in [-0.2, -0.15) is 0 Å². The second-order valence-electron chi connectivity index (χ2n) is 10.9. The molecule has 2 unspecified atom stereocenters. The Kier molecular flexibility index (Phi) is 3.34. The van der Waals surface area contributed by atoms with Crippen LogP contribution in [0.15, 0.2) is 59.1 Å². The van der Waals surface area contributed by atoms with Gasteiger partial charge in [-0.25, -0.2) is 9.55 Å². The summed E-state index contributed by atoms with van der Waals surface area (Å²) in [5.74, 6) is -7.51. The van der Waals surface area contributed by atoms with Crippen molar-refractivity contribution in [1.82, 2.24) is 4.98 Å². The van der Waals surface area contributed by atoms with Gasteiger partial charge in [-0.05, 0) is 72.5 Å². The van der Waals surface area contributed by atoms with E-state index in [4.69, 9.17) is 25.9 Å². The Morgan fingerprint density at radius 3 is 2.42 bits per heavy atom. The first-order valence-corrected chi connectivity index (χ1v) is 13.2. The summed E-state index contributed by atoms with van der Waals surface area (Å²) >= 11 is 0. The van der Waals surface area contributed by atoms with Crippen LogP contribution in [0, 0.1) is 25.6 Å². The van der Waals surface area contributed by atoms with E-state index in [2.05, 4.69) is 0 Å². The molecule has 0 fully saturated rings. The molecule has 0 spiro atoms. The van der Waals surface area contributed by atoms with E-state index < -0.39 is 62.1 Å². The maximum absolute atomic E-state index is 9.66. The maximum atomic E-state index is 9.66. The Labute approximate surface area is 261 Å². The molecule has 2 aromatic carbocycles. The summed E-state index contributed by atoms with van der Waals surface area (Å²) in [6, 6.07) is 12.8. The van der Waals surface area contributed by atoms with Gasteiger partial charge in [0.05, 0.1) is 11.3 Å². The van der Waals surface area contributed by atoms with Gasteiger partial charge < -0.3 is 4.42 Å². The fourth-order valence-corrected chi connectivity index (χ4v) is 6.00. The van der Waals surface area contributed by atoms with Gasteiger partial charge in [-0.3, -0.25) is 0 Å². The molecule has 206 valence electrons. The van der Waals surface area contributed by atoms with Crippen LogP contribution in [-0.2, 0) is 12.5 Å². The number of furan rings is 1. The fourth-order valence-electron chi connectivity index (χ4n) is 6.00. The Hall–Kier alpha value is -3.46. The Morgan fingerprint density at radius 1 is 0.975 bits per heavy atom. The third kappa shape index (κ3) is 4.00. The lowest BCUT2D eigenvalue weighted by Gasteiger charge is -2.34. The van der Waals surface area contributed by atoms with Crippen LogP contribution in [0.2, 0.25) is 0 Å². The predicted molar refractivity (Wildman–Crippen MR) is 167 cm³/mol. The molecule has 2 atom stereocenters. The highest BCUT2D eigenvalue weighted by Gasteiger charge is 2.45. The van der Waals surface area contributed by atoms with Crippen molar-refractivity contribution in [3.8, 4) is 22.4 Å². The molecule has 0 bridgehead atoms. The second kappa shape index (κ2) is 9.58. The average molecular weight is 548 g/mol. The van der Waals surface area contributed by atoms with Crippen molar-refractivity contribution in [2.75, 3.05) is 0 Å². The number of aryl methyl sites for hydroxylation is 3. The van der Waals surface area contributed by atoms with Crippen molar-refractivity contribution in [2.24, 2.45) is 18.8 Å². The van der Waals surface area contributed by atoms with E-state index in [1.54, 1.807) is 55.8 Å². The molecule has 0 radical (unpaired) electrons. The van der Waals surface area contributed by atoms with E-state index in [1.807, 2.05) is 13.0 Å². The molecular formula is C37H43N2O+. The van der Waals surface area contributed by atoms with Crippen LogP contribution in [-0.4, -0.2) is 4.98 Å². The molecule has 0 N–H and O–H groups in total. The Morgan fingerprint density at radius 2 is 1.73 bits per heavy atom. The van der Waals surface area contributed by atoms with Crippen molar-refractivity contribution in [3.05, 3.63) is 82.7 Å². The van der Waals surface area contributed by atoms with Crippen molar-refractivity contribution >= 4 is 22.1 Å². The van der Waals surface area contributed by atoms with E-state index in [0.29, 0.717) is 27.6 Å². The van der Waals surface area contributed by atoms with Crippen LogP contribution in [0.4, 0.5) is 0 Å². The minimum absolute atomic E-state index is 0.00623. The molecular weight excluding hydrogens is 488 g/mol. The van der Waals surface area contributed by atoms with Gasteiger partial charge in [0.25, 0.3) is 0 Å². The SMILES string of the molecule is [2H]C([2H])([2H])c1c[n+](C)c(-c2c(C)ccc3c2oc2nc4c(cc23)-c2ccccc2C4(C([2H])([2H])C([2H])(C)C([2H])([2H])[2H])C([2H])([2H])C([2H])(C)C([2H])([2H])[2H])cc1C([2H])(C)C. The van der Waals surface area contributed by atoms with Crippen LogP contribution < -0.4 is 4.57 Å². The predicted octanol–water partition coefficient (Wildman–Crippen LogP) is 9.57. The van der Waals surface area contributed by atoms with Gasteiger partial charge in [-0.1, -0.05) is 77.8 Å². The number of pyridine rings is 2. The van der Waals surface area contributed by atoms with Crippen LogP contribution in [0.3, 0.4) is 0 Å². The maximum Gasteiger partial charge on any atom is 0.227 e. The summed E-state index contributed by atoms with van der Waals surface area (Å²) in [4.78, 5) is 4.78. The molecule has 0 amide bonds. The van der Waals surface area contributed by atoms with Crippen molar-refractivity contribution < 1.29 is 30.9 Å². The van der Waals surface area contributed by atoms with Crippen LogP contribution in [0.25, 0.3) is 44.5 Å². The minimum atomic E-state index is -3.48. The van der Waals surface area contributed by atoms with Crippen molar-refractivity contribution in [3.63, 3.8) is 0 Å². The molecule has 1 aliphatic rings. The van der Waals surface area contributed by atoms with Crippen molar-refractivity contribution in [2.45, 2.75) is 79.2 Å². The zero-order chi connectivity index (χ0) is 42.4. The lowest BCUT2D eigenvalue weighted by molar-refractivity contribution is -0.660. The molecule has 40 heavy (non-hydrogen) atoms. The normalized spacial score (nSPS) is 27.4. The average Bonchev–Trinajstić information content (AvgIpc) is 3.55. The molecule has 5 aromatic rings. The number of benzene rings is 2. The molecule has 0 saturated carbocycles. The summed E-state index contributed by atoms with van der Waals surface area (Å²) < 4.78 is 148. The summed E-state index contributed by atoms with van der Waals surface area (Å²) in [7, 11) is 1.67. The largest absolute Gasteiger partial charge is 0.437 e. The monoisotopic (exact) mass is 547 g/mol. The highest BCUT2D eigenvalue weighted by molar-refractivity contribution is 6.10. The van der Waals surface area contributed by atoms with E-state index in [1.165, 1.54) is 18.3 Å². The molecule has 1 aliphatic carbocycles. The third-order valence-electron chi connectivity index (χ3n) is 7.64. The fraction of sp³-hybridized carbons (Fsp3) is 0.405. The summed E-state index contributed by atoms with van der Waals surface area (Å²) in [6.07, 6.45) is -5.49. The highest BCUT2D eigenvalue weighted by atomic mass is 16.3. The topological polar surface area (TPSA) is 29.9 Å². The molecule has 3 heteroatoms. The number of fused-ring (bicyclic) bond motifs is 6. The van der Waals surface area contributed by atoms with E-state index in [0.717, 1.165) is 13.8 Å². The van der Waals surface area contributed by atoms with Gasteiger partial charge >= 0.3 is 0 Å². The summed E-state index contributed by atoms with van der Waals surface area (Å²) in [6.45, 7) is -2.64. The van der Waals surface area contributed by atoms with Crippen LogP contribution in [0.5, 0.6) is 0 Å². The van der Waals surface area contributed by atoms with Gasteiger partial charge in [0.1, 0.15) is 7.05 Å². The number of hydrogen-bond donors (Lipinski definition) is 0. The zero-order valence-electron chi connectivity index (χ0n) is 39.5. The third-order valence-corrected chi connectivity index (χ3v) is 7.64. The summed E-state index contributed by atoms with van der Waals surface area (Å²) in [5, 5.41) is 0.910. The number of nitrogens with zero attached hydrogens (tertiary/aromatic N) is 2. The van der Waals surface area contributed by atoms with E-state index in [9.17, 15) is 5.48 Å². The summed E-state index contributed by atoms with van der Waals surface area (Å²) in [5.41, 5.74) is -1.10. The van der Waals surface area contributed by atoms with Crippen molar-refractivity contribution in [1.29, 1.82) is 0 Å². The Balaban J connectivity index is 1.79. The number of aromatic nitrogens is 2. The standard InChI is InChI=1S/C37H43N2O/c1-21(2)18-37(19-22(3)4)31-13-11-10-12-26(31)29-16-30-27-15-14-24(7)33(34(27)40-36(30)38-35(29)37)32-17-28(23(5)6)25(8)20-39(32)9/h10-17,20-23H,18-19H2,1-9H3/q+1/i1D3,3D3,8D3,18D2,19D2,21D,22D,23D. The molecule has 3 aromatic heterocycles. The first-order valence-electron chi connectivity index (χ1n) is 21.2. The Bertz CT molecular complexity index is 2370. The highest BCUT2D eigenvalue weighted by Crippen LogP contribution is 2.55. The second-order valence-corrected chi connectivity index (χ2v) is 10.9. The minimum Gasteiger partial charge on any atom is -0.437 e. The molecule has 3 heterocycles. The quantitative estimate of drug-likeness (QED) is 0.198. The van der Waals surface area contributed by atoms with Crippen LogP contribution in [0.1, 0.15) is 110 Å². The van der Waals surface area contributed by atoms with Gasteiger partial charge in [0.15, 0.2) is 11.8 Å². The number of rotatable bonds is 6. The number of hydrogen-bond acceptors (Lipinski definition) is 2. The lowest BCUT2D eigenvalue weighted by atomic mass is 9.69. The van der Waals surface area contributed by atoms with E-state index in [-0.39, 0.29) is 39.1 Å². The van der Waals surface area contributed by atoms with Gasteiger partial charge in [0.2, 0.25) is 11.4 Å². The molecule has 6 rings (SSSR count). The first-order chi connectivity index (χ1) is 25.2. The smallest absolute Gasteiger partial charge is 0.227 e. The lowest BCUT2D eigenvalue weighted by Crippen LogP contribution is -2.32. The van der Waals surface area contributed by atoms with Gasteiger partial charge in [0, 0.05) is 55.3 Å². The first kappa shape index (κ1) is 13.9. The van der Waals surface area contributed by atoms with Crippen LogP contribution >= 0.6 is 0 Å². The molecule has 3 nitrogen and oxygen atoms in total.